The van der Waals surface area contributed by atoms with Gasteiger partial charge in [0.1, 0.15) is 29.9 Å². The first kappa shape index (κ1) is 29.3. The van der Waals surface area contributed by atoms with Gasteiger partial charge in [-0.05, 0) is 61.4 Å². The van der Waals surface area contributed by atoms with Gasteiger partial charge in [0.15, 0.2) is 0 Å². The second kappa shape index (κ2) is 11.7. The maximum Gasteiger partial charge on any atom is 0.335 e. The van der Waals surface area contributed by atoms with E-state index in [0.717, 1.165) is 31.0 Å². The molecule has 45 heavy (non-hydrogen) atoms. The van der Waals surface area contributed by atoms with Gasteiger partial charge >= 0.3 is 12.0 Å². The first-order chi connectivity index (χ1) is 21.7. The molecule has 0 radical (unpaired) electrons. The van der Waals surface area contributed by atoms with Crippen LogP contribution in [-0.2, 0) is 19.6 Å². The quantitative estimate of drug-likeness (QED) is 0.194. The molecule has 0 saturated heterocycles. The Morgan fingerprint density at radius 1 is 1.00 bits per heavy atom. The molecule has 12 heteroatoms. The first-order valence-corrected chi connectivity index (χ1v) is 13.9. The smallest absolute Gasteiger partial charge is 0.335 e. The number of fused-ring (bicyclic) bond motifs is 1. The molecule has 1 N–H and O–H groups in total. The molecule has 2 heterocycles. The van der Waals surface area contributed by atoms with Gasteiger partial charge in [0, 0.05) is 47.7 Å². The number of imidazole rings is 1. The van der Waals surface area contributed by atoms with Gasteiger partial charge in [0.05, 0.1) is 40.0 Å². The molecule has 3 aromatic carbocycles. The lowest BCUT2D eigenvalue weighted by Gasteiger charge is -2.16. The van der Waals surface area contributed by atoms with Crippen LogP contribution in [-0.4, -0.2) is 30.6 Å². The predicted molar refractivity (Wildman–Crippen MR) is 154 cm³/mol. The summed E-state index contributed by atoms with van der Waals surface area (Å²) in [5, 5.41) is 27.8. The second-order valence-corrected chi connectivity index (χ2v) is 11.0. The van der Waals surface area contributed by atoms with Gasteiger partial charge in [0.2, 0.25) is 0 Å². The van der Waals surface area contributed by atoms with Crippen molar-refractivity contribution in [2.45, 2.75) is 38.8 Å². The van der Waals surface area contributed by atoms with Crippen molar-refractivity contribution >= 4 is 17.0 Å². The Kier molecular flexibility index (Phi) is 7.65. The first-order valence-electron chi connectivity index (χ1n) is 13.9. The van der Waals surface area contributed by atoms with Crippen LogP contribution in [0, 0.1) is 45.5 Å². The lowest BCUT2D eigenvalue weighted by atomic mass is 10.0. The van der Waals surface area contributed by atoms with Crippen LogP contribution in [0.1, 0.15) is 52.1 Å². The van der Waals surface area contributed by atoms with Gasteiger partial charge in [-0.1, -0.05) is 6.07 Å². The minimum absolute atomic E-state index is 0.0530. The third-order valence-corrected chi connectivity index (χ3v) is 7.92. The number of ether oxygens (including phenoxy) is 1. The molecule has 6 rings (SSSR count). The van der Waals surface area contributed by atoms with Crippen molar-refractivity contribution in [3.63, 3.8) is 0 Å². The summed E-state index contributed by atoms with van der Waals surface area (Å²) in [5.41, 5.74) is 1.15. The fourth-order valence-electron chi connectivity index (χ4n) is 5.21. The van der Waals surface area contributed by atoms with E-state index in [9.17, 15) is 19.6 Å². The summed E-state index contributed by atoms with van der Waals surface area (Å²) < 4.78 is 52.6. The van der Waals surface area contributed by atoms with Crippen LogP contribution >= 0.6 is 0 Å². The number of halogens is 3. The number of nitriles is 2. The number of benzene rings is 3. The summed E-state index contributed by atoms with van der Waals surface area (Å²) in [6, 6.07) is 16.0. The van der Waals surface area contributed by atoms with Gasteiger partial charge in [-0.2, -0.15) is 15.5 Å². The predicted octanol–water partition coefficient (Wildman–Crippen LogP) is 6.34. The number of rotatable bonds is 10. The highest BCUT2D eigenvalue weighted by atomic mass is 19.1. The van der Waals surface area contributed by atoms with Gasteiger partial charge in [-0.3, -0.25) is 0 Å². The summed E-state index contributed by atoms with van der Waals surface area (Å²) in [7, 11) is 0. The molecule has 224 valence electrons. The SMILES string of the molecule is N#CCC1(Cn2c(Cc3c(F)cc(-c4ccnc(OCc5ccc(C#N)cc5F)n4)cc3F)nc3ccc(C(=O)O)cc32)CC1. The molecule has 0 unspecified atom stereocenters. The maximum atomic E-state index is 15.5. The number of nitrogens with zero attached hydrogens (tertiary/aromatic N) is 6. The standard InChI is InChI=1S/C33H23F3N6O3/c34-24-11-19(16-38)1-2-21(24)17-45-32-39-10-5-27(41-32)22-12-25(35)23(26(36)13-22)15-30-40-28-4-3-20(31(43)44)14-29(28)42(30)18-33(6-7-33)8-9-37/h1-5,10-14H,6-8,15,17-18H2,(H,43,44). The Balaban J connectivity index is 1.28. The summed E-state index contributed by atoms with van der Waals surface area (Å²) in [6.45, 7) is 0.139. The number of hydrogen-bond acceptors (Lipinski definition) is 7. The van der Waals surface area contributed by atoms with Crippen molar-refractivity contribution < 1.29 is 27.8 Å². The second-order valence-electron chi connectivity index (χ2n) is 11.0. The number of aromatic nitrogens is 4. The molecule has 1 fully saturated rings. The average molecular weight is 609 g/mol. The van der Waals surface area contributed by atoms with Crippen LogP contribution in [0.5, 0.6) is 6.01 Å². The third-order valence-electron chi connectivity index (χ3n) is 7.92. The van der Waals surface area contributed by atoms with Crippen LogP contribution in [0.2, 0.25) is 0 Å². The van der Waals surface area contributed by atoms with Crippen LogP contribution in [0.4, 0.5) is 13.2 Å². The molecular formula is C33H23F3N6O3. The molecular weight excluding hydrogens is 585 g/mol. The van der Waals surface area contributed by atoms with Crippen molar-refractivity contribution in [1.29, 1.82) is 10.5 Å². The Morgan fingerprint density at radius 3 is 2.44 bits per heavy atom. The lowest BCUT2D eigenvalue weighted by molar-refractivity contribution is 0.0697. The average Bonchev–Trinajstić information content (AvgIpc) is 3.71. The third kappa shape index (κ3) is 6.04. The van der Waals surface area contributed by atoms with Crippen molar-refractivity contribution in [2.75, 3.05) is 0 Å². The van der Waals surface area contributed by atoms with E-state index in [-0.39, 0.29) is 58.0 Å². The Bertz CT molecular complexity index is 2040. The molecule has 1 aliphatic carbocycles. The molecule has 1 aliphatic rings. The van der Waals surface area contributed by atoms with Crippen LogP contribution in [0.25, 0.3) is 22.3 Å². The lowest BCUT2D eigenvalue weighted by Crippen LogP contribution is -2.15. The molecule has 2 aromatic heterocycles. The molecule has 1 saturated carbocycles. The van der Waals surface area contributed by atoms with Crippen molar-refractivity contribution in [3.05, 3.63) is 106 Å². The monoisotopic (exact) mass is 608 g/mol. The van der Waals surface area contributed by atoms with Gasteiger partial charge in [-0.25, -0.2) is 27.9 Å². The fraction of sp³-hybridized carbons (Fsp3) is 0.212. The van der Waals surface area contributed by atoms with E-state index in [1.54, 1.807) is 10.6 Å². The zero-order chi connectivity index (χ0) is 31.7. The molecule has 5 aromatic rings. The van der Waals surface area contributed by atoms with Crippen LogP contribution < -0.4 is 4.74 Å². The summed E-state index contributed by atoms with van der Waals surface area (Å²) in [6.07, 6.45) is 3.05. The molecule has 0 bridgehead atoms. The van der Waals surface area contributed by atoms with E-state index >= 15 is 8.78 Å². The van der Waals surface area contributed by atoms with E-state index in [1.807, 2.05) is 6.07 Å². The zero-order valence-corrected chi connectivity index (χ0v) is 23.6. The van der Waals surface area contributed by atoms with Crippen LogP contribution in [0.15, 0.2) is 60.8 Å². The number of hydrogen-bond donors (Lipinski definition) is 1. The minimum Gasteiger partial charge on any atom is -0.478 e. The van der Waals surface area contributed by atoms with E-state index in [4.69, 9.17) is 10.00 Å². The largest absolute Gasteiger partial charge is 0.478 e. The highest BCUT2D eigenvalue weighted by Gasteiger charge is 2.43. The van der Waals surface area contributed by atoms with E-state index in [0.29, 0.717) is 29.8 Å². The van der Waals surface area contributed by atoms with Crippen molar-refractivity contribution in [2.24, 2.45) is 5.41 Å². The number of carboxylic acids is 1. The number of carbonyl (C=O) groups is 1. The summed E-state index contributed by atoms with van der Waals surface area (Å²) in [4.78, 5) is 24.4. The van der Waals surface area contributed by atoms with E-state index in [1.165, 1.54) is 36.5 Å². The highest BCUT2D eigenvalue weighted by molar-refractivity contribution is 5.92. The van der Waals surface area contributed by atoms with Gasteiger partial charge < -0.3 is 14.4 Å². The maximum absolute atomic E-state index is 15.5. The highest BCUT2D eigenvalue weighted by Crippen LogP contribution is 2.50. The van der Waals surface area contributed by atoms with Gasteiger partial charge in [-0.15, -0.1) is 0 Å². The normalized spacial score (nSPS) is 13.3. The molecule has 0 amide bonds. The zero-order valence-electron chi connectivity index (χ0n) is 23.6. The van der Waals surface area contributed by atoms with Crippen LogP contribution in [0.3, 0.4) is 0 Å². The molecule has 0 aliphatic heterocycles. The molecule has 0 atom stereocenters. The van der Waals surface area contributed by atoms with Crippen molar-refractivity contribution in [3.8, 4) is 29.4 Å². The Morgan fingerprint density at radius 2 is 1.78 bits per heavy atom. The van der Waals surface area contributed by atoms with E-state index < -0.39 is 23.4 Å². The van der Waals surface area contributed by atoms with Gasteiger partial charge in [0.25, 0.3) is 0 Å². The Hall–Kier alpha value is -5.75. The summed E-state index contributed by atoms with van der Waals surface area (Å²) in [5.74, 6) is -3.08. The number of carboxylic acid groups (broad SMARTS) is 1. The fourth-order valence-corrected chi connectivity index (χ4v) is 5.21. The molecule has 0 spiro atoms. The summed E-state index contributed by atoms with van der Waals surface area (Å²) >= 11 is 0. The molecule has 9 nitrogen and oxygen atoms in total. The topological polar surface area (TPSA) is 138 Å². The van der Waals surface area contributed by atoms with Crippen molar-refractivity contribution in [1.82, 2.24) is 19.5 Å². The number of aromatic carboxylic acids is 1. The minimum atomic E-state index is -1.11. The van der Waals surface area contributed by atoms with E-state index in [2.05, 4.69) is 21.0 Å². The Labute approximate surface area is 254 Å².